The van der Waals surface area contributed by atoms with Gasteiger partial charge in [-0.25, -0.2) is 0 Å². The summed E-state index contributed by atoms with van der Waals surface area (Å²) in [6, 6.07) is 13.4. The number of phenols is 4. The number of rotatable bonds is 4. The van der Waals surface area contributed by atoms with Crippen molar-refractivity contribution in [2.75, 3.05) is 6.54 Å². The van der Waals surface area contributed by atoms with Crippen LogP contribution in [0.3, 0.4) is 0 Å². The quantitative estimate of drug-likeness (QED) is 0.514. The molecular weight excluding hydrogens is 366 g/mol. The second-order valence-corrected chi connectivity index (χ2v) is 7.67. The molecule has 0 spiro atoms. The number of hydrogen-bond acceptors (Lipinski definition) is 5. The predicted octanol–water partition coefficient (Wildman–Crippen LogP) is 2.91. The van der Waals surface area contributed by atoms with Gasteiger partial charge in [0.2, 0.25) is 0 Å². The molecule has 1 aliphatic heterocycles. The third-order valence-electron chi connectivity index (χ3n) is 5.75. The zero-order valence-electron chi connectivity index (χ0n) is 16.2. The Bertz CT molecular complexity index is 1160. The molecule has 5 heteroatoms. The summed E-state index contributed by atoms with van der Waals surface area (Å²) in [6.07, 6.45) is 5.95. The molecule has 0 radical (unpaired) electrons. The molecule has 0 aliphatic carbocycles. The minimum Gasteiger partial charge on any atom is -0.507 e. The first-order chi connectivity index (χ1) is 14.0. The molecule has 0 bridgehead atoms. The number of benzene rings is 3. The summed E-state index contributed by atoms with van der Waals surface area (Å²) in [5, 5.41) is 42.3. The molecule has 5 nitrogen and oxygen atoms in total. The lowest BCUT2D eigenvalue weighted by Gasteiger charge is -2.23. The molecule has 0 amide bonds. The van der Waals surface area contributed by atoms with Gasteiger partial charge in [-0.15, -0.1) is 0 Å². The van der Waals surface area contributed by atoms with Crippen molar-refractivity contribution in [1.82, 2.24) is 4.90 Å². The molecular formula is C24H25NO4. The average Bonchev–Trinajstić information content (AvgIpc) is 3.15. The highest BCUT2D eigenvalue weighted by molar-refractivity contribution is 6.01. The topological polar surface area (TPSA) is 84.2 Å². The molecule has 4 N–H and O–H groups in total. The number of nitrogens with zero attached hydrogens (tertiary/aromatic N) is 1. The van der Waals surface area contributed by atoms with Crippen LogP contribution in [0, 0.1) is 0 Å². The van der Waals surface area contributed by atoms with Gasteiger partial charge in [0.05, 0.1) is 10.8 Å². The van der Waals surface area contributed by atoms with Gasteiger partial charge in [-0.2, -0.15) is 0 Å². The first-order valence-corrected chi connectivity index (χ1v) is 9.85. The number of aromatic hydroxyl groups is 4. The number of phenolic OH excluding ortho intramolecular Hbond substituents is 4. The van der Waals surface area contributed by atoms with E-state index in [1.807, 2.05) is 24.4 Å². The maximum absolute atomic E-state index is 10.8. The summed E-state index contributed by atoms with van der Waals surface area (Å²) in [4.78, 5) is 2.19. The minimum absolute atomic E-state index is 0.00620. The molecule has 3 aromatic rings. The van der Waals surface area contributed by atoms with Crippen molar-refractivity contribution >= 4 is 23.6 Å². The fraction of sp³-hybridized carbons (Fsp3) is 0.250. The fourth-order valence-electron chi connectivity index (χ4n) is 4.23. The van der Waals surface area contributed by atoms with Gasteiger partial charge in [0.25, 0.3) is 0 Å². The smallest absolute Gasteiger partial charge is 0.136 e. The third kappa shape index (κ3) is 3.56. The molecule has 3 aromatic carbocycles. The molecule has 1 heterocycles. The number of hydrogen-bond donors (Lipinski definition) is 4. The van der Waals surface area contributed by atoms with Crippen LogP contribution < -0.4 is 10.4 Å². The first-order valence-electron chi connectivity index (χ1n) is 9.85. The molecule has 0 saturated carbocycles. The number of fused-ring (bicyclic) bond motifs is 1. The molecule has 29 heavy (non-hydrogen) atoms. The molecule has 1 aliphatic rings. The molecule has 1 unspecified atom stereocenters. The van der Waals surface area contributed by atoms with Crippen LogP contribution in [-0.4, -0.2) is 37.9 Å². The third-order valence-corrected chi connectivity index (χ3v) is 5.75. The van der Waals surface area contributed by atoms with E-state index in [1.54, 1.807) is 0 Å². The first kappa shape index (κ1) is 19.0. The van der Waals surface area contributed by atoms with E-state index in [4.69, 9.17) is 0 Å². The summed E-state index contributed by atoms with van der Waals surface area (Å²) >= 11 is 0. The normalized spacial score (nSPS) is 17.3. The van der Waals surface area contributed by atoms with Gasteiger partial charge in [-0.3, -0.25) is 0 Å². The van der Waals surface area contributed by atoms with E-state index >= 15 is 0 Å². The van der Waals surface area contributed by atoms with Crippen molar-refractivity contribution in [2.24, 2.45) is 0 Å². The summed E-state index contributed by atoms with van der Waals surface area (Å²) in [5.74, 6) is -0.853. The fourth-order valence-corrected chi connectivity index (χ4v) is 4.23. The zero-order valence-corrected chi connectivity index (χ0v) is 16.2. The van der Waals surface area contributed by atoms with E-state index in [0.29, 0.717) is 11.3 Å². The van der Waals surface area contributed by atoms with Gasteiger partial charge in [0.15, 0.2) is 0 Å². The summed E-state index contributed by atoms with van der Waals surface area (Å²) in [6.45, 7) is 4.51. The van der Waals surface area contributed by atoms with Crippen molar-refractivity contribution in [3.05, 3.63) is 58.5 Å². The Morgan fingerprint density at radius 1 is 0.966 bits per heavy atom. The summed E-state index contributed by atoms with van der Waals surface area (Å²) < 4.78 is 0. The molecule has 4 rings (SSSR count). The number of likely N-dealkylation sites (tertiary alicyclic amines) is 1. The molecule has 150 valence electrons. The van der Waals surface area contributed by atoms with Gasteiger partial charge in [0, 0.05) is 29.2 Å². The predicted molar refractivity (Wildman–Crippen MR) is 114 cm³/mol. The van der Waals surface area contributed by atoms with Crippen LogP contribution in [0.2, 0.25) is 0 Å². The SMILES string of the molecule is C=c1cc(O)c2c(O)c(=CN3CCCC3CCc3ccccc3)cc(O)c2c1O. The van der Waals surface area contributed by atoms with E-state index in [1.165, 1.54) is 17.7 Å². The van der Waals surface area contributed by atoms with Gasteiger partial charge >= 0.3 is 0 Å². The zero-order chi connectivity index (χ0) is 20.5. The van der Waals surface area contributed by atoms with Gasteiger partial charge in [0.1, 0.15) is 23.0 Å². The lowest BCUT2D eigenvalue weighted by molar-refractivity contribution is 0.360. The Kier molecular flexibility index (Phi) is 4.97. The number of aryl methyl sites for hydroxylation is 1. The highest BCUT2D eigenvalue weighted by atomic mass is 16.3. The lowest BCUT2D eigenvalue weighted by atomic mass is 10.0. The Morgan fingerprint density at radius 3 is 2.41 bits per heavy atom. The molecule has 1 saturated heterocycles. The highest BCUT2D eigenvalue weighted by Crippen LogP contribution is 2.38. The van der Waals surface area contributed by atoms with Gasteiger partial charge in [-0.05, 0) is 43.4 Å². The van der Waals surface area contributed by atoms with Crippen molar-refractivity contribution < 1.29 is 20.4 Å². The van der Waals surface area contributed by atoms with Crippen molar-refractivity contribution in [1.29, 1.82) is 0 Å². The minimum atomic E-state index is -0.251. The van der Waals surface area contributed by atoms with E-state index in [0.717, 1.165) is 32.2 Å². The monoisotopic (exact) mass is 391 g/mol. The molecule has 0 aromatic heterocycles. The van der Waals surface area contributed by atoms with Crippen LogP contribution in [-0.2, 0) is 6.42 Å². The molecule has 1 fully saturated rings. The van der Waals surface area contributed by atoms with Crippen molar-refractivity contribution in [3.8, 4) is 23.0 Å². The van der Waals surface area contributed by atoms with Crippen LogP contribution in [0.1, 0.15) is 24.8 Å². The van der Waals surface area contributed by atoms with E-state index in [2.05, 4.69) is 23.6 Å². The summed E-state index contributed by atoms with van der Waals surface area (Å²) in [5.41, 5.74) is 1.30. The van der Waals surface area contributed by atoms with Crippen LogP contribution >= 0.6 is 0 Å². The maximum Gasteiger partial charge on any atom is 0.136 e. The Labute approximate surface area is 169 Å². The summed E-state index contributed by atoms with van der Waals surface area (Å²) in [7, 11) is 0. The van der Waals surface area contributed by atoms with Gasteiger partial charge in [-0.1, -0.05) is 36.9 Å². The maximum atomic E-state index is 10.8. The average molecular weight is 391 g/mol. The van der Waals surface area contributed by atoms with Gasteiger partial charge < -0.3 is 25.3 Å². The Morgan fingerprint density at radius 2 is 1.66 bits per heavy atom. The second-order valence-electron chi connectivity index (χ2n) is 7.67. The lowest BCUT2D eigenvalue weighted by Crippen LogP contribution is -2.26. The largest absolute Gasteiger partial charge is 0.507 e. The Hall–Kier alpha value is -3.34. The van der Waals surface area contributed by atoms with Crippen molar-refractivity contribution in [2.45, 2.75) is 31.7 Å². The standard InChI is InChI=1S/C24H25NO4/c1-15-12-19(26)22-21(23(15)28)20(27)13-17(24(22)29)14-25-11-5-8-18(25)10-9-16-6-3-2-4-7-16/h2-4,6-7,12-14,18,26-29H,1,5,8-11H2. The van der Waals surface area contributed by atoms with E-state index < -0.39 is 0 Å². The molecule has 1 atom stereocenters. The van der Waals surface area contributed by atoms with E-state index in [-0.39, 0.29) is 39.0 Å². The van der Waals surface area contributed by atoms with Crippen LogP contribution in [0.25, 0.3) is 23.6 Å². The Balaban J connectivity index is 1.70. The van der Waals surface area contributed by atoms with Crippen LogP contribution in [0.15, 0.2) is 42.5 Å². The second kappa shape index (κ2) is 7.59. The van der Waals surface area contributed by atoms with Crippen molar-refractivity contribution in [3.63, 3.8) is 0 Å². The highest BCUT2D eigenvalue weighted by Gasteiger charge is 2.23. The van der Waals surface area contributed by atoms with Crippen LogP contribution in [0.5, 0.6) is 23.0 Å². The van der Waals surface area contributed by atoms with Crippen LogP contribution in [0.4, 0.5) is 0 Å². The van der Waals surface area contributed by atoms with E-state index in [9.17, 15) is 20.4 Å².